The van der Waals surface area contributed by atoms with E-state index in [4.69, 9.17) is 16.1 Å². The maximum absolute atomic E-state index is 12.0. The van der Waals surface area contributed by atoms with Crippen molar-refractivity contribution in [3.05, 3.63) is 45.9 Å². The Hall–Kier alpha value is -2.25. The highest BCUT2D eigenvalue weighted by molar-refractivity contribution is 7.08. The van der Waals surface area contributed by atoms with Crippen LogP contribution in [-0.4, -0.2) is 20.7 Å². The summed E-state index contributed by atoms with van der Waals surface area (Å²) in [5, 5.41) is 11.0. The highest BCUT2D eigenvalue weighted by atomic mass is 35.5. The molecule has 0 saturated carbocycles. The maximum atomic E-state index is 12.0. The van der Waals surface area contributed by atoms with Crippen molar-refractivity contribution in [3.8, 4) is 11.3 Å². The van der Waals surface area contributed by atoms with E-state index in [-0.39, 0.29) is 11.8 Å². The molecule has 106 valence electrons. The Morgan fingerprint density at radius 2 is 2.10 bits per heavy atom. The van der Waals surface area contributed by atoms with Crippen molar-refractivity contribution in [1.82, 2.24) is 14.7 Å². The largest absolute Gasteiger partial charge is 0.338 e. The molecule has 21 heavy (non-hydrogen) atoms. The van der Waals surface area contributed by atoms with Gasteiger partial charge in [0.2, 0.25) is 5.88 Å². The van der Waals surface area contributed by atoms with Crippen molar-refractivity contribution in [2.24, 2.45) is 0 Å². The van der Waals surface area contributed by atoms with Crippen molar-refractivity contribution in [1.29, 1.82) is 0 Å². The Morgan fingerprint density at radius 1 is 1.33 bits per heavy atom. The van der Waals surface area contributed by atoms with E-state index in [1.165, 1.54) is 0 Å². The molecule has 0 atom stereocenters. The molecule has 8 heteroatoms. The van der Waals surface area contributed by atoms with Crippen LogP contribution in [0.2, 0.25) is 5.02 Å². The molecule has 0 unspecified atom stereocenters. The Kier molecular flexibility index (Phi) is 3.68. The number of amides is 1. The molecule has 2 aromatic heterocycles. The molecule has 1 amide bonds. The van der Waals surface area contributed by atoms with E-state index in [1.807, 2.05) is 12.1 Å². The summed E-state index contributed by atoms with van der Waals surface area (Å²) in [5.74, 6) is -0.0564. The van der Waals surface area contributed by atoms with Gasteiger partial charge in [-0.1, -0.05) is 33.4 Å². The second-order valence-electron chi connectivity index (χ2n) is 4.22. The Labute approximate surface area is 128 Å². The van der Waals surface area contributed by atoms with E-state index in [1.54, 1.807) is 25.1 Å². The van der Waals surface area contributed by atoms with E-state index in [9.17, 15) is 4.79 Å². The van der Waals surface area contributed by atoms with Gasteiger partial charge in [0, 0.05) is 16.7 Å². The van der Waals surface area contributed by atoms with Crippen LogP contribution in [0.25, 0.3) is 11.3 Å². The first-order valence-electron chi connectivity index (χ1n) is 5.96. The first-order valence-corrected chi connectivity index (χ1v) is 7.11. The fraction of sp³-hybridized carbons (Fsp3) is 0.0769. The average molecular weight is 321 g/mol. The number of aryl methyl sites for hydroxylation is 1. The van der Waals surface area contributed by atoms with Crippen LogP contribution in [0, 0.1) is 6.92 Å². The highest BCUT2D eigenvalue weighted by Crippen LogP contribution is 2.24. The van der Waals surface area contributed by atoms with Gasteiger partial charge < -0.3 is 4.52 Å². The lowest BCUT2D eigenvalue weighted by atomic mass is 10.1. The molecule has 0 saturated heterocycles. The monoisotopic (exact) mass is 320 g/mol. The van der Waals surface area contributed by atoms with Crippen molar-refractivity contribution >= 4 is 34.9 Å². The van der Waals surface area contributed by atoms with Crippen LogP contribution in [0.1, 0.15) is 15.4 Å². The summed E-state index contributed by atoms with van der Waals surface area (Å²) in [6.07, 6.45) is 0. The molecular weight excluding hydrogens is 312 g/mol. The van der Waals surface area contributed by atoms with Crippen molar-refractivity contribution in [2.45, 2.75) is 6.92 Å². The number of halogens is 1. The average Bonchev–Trinajstić information content (AvgIpc) is 3.09. The van der Waals surface area contributed by atoms with E-state index in [2.05, 4.69) is 20.1 Å². The second kappa shape index (κ2) is 5.63. The predicted molar refractivity (Wildman–Crippen MR) is 79.5 cm³/mol. The van der Waals surface area contributed by atoms with Crippen molar-refractivity contribution in [3.63, 3.8) is 0 Å². The Balaban J connectivity index is 1.78. The summed E-state index contributed by atoms with van der Waals surface area (Å²) in [6, 6.07) is 8.81. The minimum absolute atomic E-state index is 0.262. The number of carbonyl (C=O) groups is 1. The summed E-state index contributed by atoms with van der Waals surface area (Å²) < 4.78 is 8.82. The van der Waals surface area contributed by atoms with Crippen molar-refractivity contribution in [2.75, 3.05) is 5.32 Å². The minimum Gasteiger partial charge on any atom is -0.338 e. The topological polar surface area (TPSA) is 80.9 Å². The Bertz CT molecular complexity index is 782. The molecule has 3 rings (SSSR count). The number of aromatic nitrogens is 3. The molecule has 0 spiro atoms. The third-order valence-electron chi connectivity index (χ3n) is 2.74. The number of hydrogen-bond acceptors (Lipinski definition) is 6. The molecule has 0 aliphatic carbocycles. The van der Waals surface area contributed by atoms with Gasteiger partial charge in [-0.25, -0.2) is 0 Å². The summed E-state index contributed by atoms with van der Waals surface area (Å²) in [5.41, 5.74) is 2.04. The number of hydrogen-bond donors (Lipinski definition) is 1. The zero-order chi connectivity index (χ0) is 14.8. The number of benzene rings is 1. The molecule has 0 aliphatic heterocycles. The summed E-state index contributed by atoms with van der Waals surface area (Å²) >= 11 is 6.87. The number of carbonyl (C=O) groups excluding carboxylic acids is 1. The quantitative estimate of drug-likeness (QED) is 0.799. The number of nitrogens with zero attached hydrogens (tertiary/aromatic N) is 3. The standard InChI is InChI=1S/C13H9ClN4O2S/c1-7-12(21-18-16-7)13(19)15-11-6-10(17-20-11)8-2-4-9(14)5-3-8/h2-6H,1H3,(H,15,19). The van der Waals surface area contributed by atoms with Crippen LogP contribution in [0.15, 0.2) is 34.9 Å². The van der Waals surface area contributed by atoms with Crippen molar-refractivity contribution < 1.29 is 9.32 Å². The van der Waals surface area contributed by atoms with Crippen LogP contribution < -0.4 is 5.32 Å². The van der Waals surface area contributed by atoms with E-state index in [0.717, 1.165) is 17.1 Å². The highest BCUT2D eigenvalue weighted by Gasteiger charge is 2.16. The zero-order valence-electron chi connectivity index (χ0n) is 10.8. The van der Waals surface area contributed by atoms with Gasteiger partial charge in [0.15, 0.2) is 0 Å². The molecule has 1 N–H and O–H groups in total. The lowest BCUT2D eigenvalue weighted by Crippen LogP contribution is -2.10. The summed E-state index contributed by atoms with van der Waals surface area (Å²) in [7, 11) is 0. The smallest absolute Gasteiger partial charge is 0.271 e. The van der Waals surface area contributed by atoms with Crippen LogP contribution in [0.4, 0.5) is 5.88 Å². The fourth-order valence-electron chi connectivity index (χ4n) is 1.70. The fourth-order valence-corrected chi connectivity index (χ4v) is 2.38. The first kappa shape index (κ1) is 13.7. The van der Waals surface area contributed by atoms with Crippen LogP contribution in [-0.2, 0) is 0 Å². The molecule has 0 aliphatic rings. The third-order valence-corrected chi connectivity index (χ3v) is 3.82. The van der Waals surface area contributed by atoms with Gasteiger partial charge in [-0.3, -0.25) is 10.1 Å². The maximum Gasteiger partial charge on any atom is 0.271 e. The van der Waals surface area contributed by atoms with Crippen LogP contribution in [0.5, 0.6) is 0 Å². The summed E-state index contributed by atoms with van der Waals surface area (Å²) in [4.78, 5) is 12.4. The van der Waals surface area contributed by atoms with E-state index >= 15 is 0 Å². The van der Waals surface area contributed by atoms with Gasteiger partial charge in [0.05, 0.1) is 5.69 Å². The molecule has 0 bridgehead atoms. The first-order chi connectivity index (χ1) is 10.1. The van der Waals surface area contributed by atoms with E-state index in [0.29, 0.717) is 21.3 Å². The molecule has 0 radical (unpaired) electrons. The molecule has 2 heterocycles. The predicted octanol–water partition coefficient (Wildman–Crippen LogP) is 3.41. The summed E-state index contributed by atoms with van der Waals surface area (Å²) in [6.45, 7) is 1.72. The lowest BCUT2D eigenvalue weighted by molar-refractivity contribution is 0.102. The third kappa shape index (κ3) is 2.93. The van der Waals surface area contributed by atoms with Gasteiger partial charge in [0.1, 0.15) is 10.6 Å². The molecule has 6 nitrogen and oxygen atoms in total. The number of nitrogens with one attached hydrogen (secondary N) is 1. The normalized spacial score (nSPS) is 10.6. The zero-order valence-corrected chi connectivity index (χ0v) is 12.4. The minimum atomic E-state index is -0.318. The van der Waals surface area contributed by atoms with Gasteiger partial charge in [-0.2, -0.15) is 0 Å². The van der Waals surface area contributed by atoms with E-state index < -0.39 is 0 Å². The van der Waals surface area contributed by atoms with Gasteiger partial charge in [0.25, 0.3) is 5.91 Å². The van der Waals surface area contributed by atoms with Crippen LogP contribution >= 0.6 is 23.1 Å². The molecule has 1 aromatic carbocycles. The molecule has 3 aromatic rings. The SMILES string of the molecule is Cc1nnsc1C(=O)Nc1cc(-c2ccc(Cl)cc2)no1. The molecule has 0 fully saturated rings. The van der Waals surface area contributed by atoms with Crippen LogP contribution in [0.3, 0.4) is 0 Å². The second-order valence-corrected chi connectivity index (χ2v) is 5.42. The number of rotatable bonds is 3. The van der Waals surface area contributed by atoms with Gasteiger partial charge >= 0.3 is 0 Å². The molecular formula is C13H9ClN4O2S. The Morgan fingerprint density at radius 3 is 2.76 bits per heavy atom. The van der Waals surface area contributed by atoms with Gasteiger partial charge in [-0.05, 0) is 30.6 Å². The number of anilines is 1. The lowest BCUT2D eigenvalue weighted by Gasteiger charge is -1.97. The van der Waals surface area contributed by atoms with Gasteiger partial charge in [-0.15, -0.1) is 5.10 Å².